The zero-order valence-corrected chi connectivity index (χ0v) is 18.8. The predicted molar refractivity (Wildman–Crippen MR) is 125 cm³/mol. The molecule has 0 spiro atoms. The lowest BCUT2D eigenvalue weighted by molar-refractivity contribution is 0.159. The van der Waals surface area contributed by atoms with Gasteiger partial charge in [0.2, 0.25) is 6.79 Å². The summed E-state index contributed by atoms with van der Waals surface area (Å²) in [4.78, 5) is 4.99. The highest BCUT2D eigenvalue weighted by Crippen LogP contribution is 2.54. The van der Waals surface area contributed by atoms with Crippen molar-refractivity contribution in [2.45, 2.75) is 25.4 Å². The molecule has 3 aliphatic rings. The number of hydrogen-bond donors (Lipinski definition) is 0. The summed E-state index contributed by atoms with van der Waals surface area (Å²) in [7, 11) is 5.64. The van der Waals surface area contributed by atoms with E-state index in [9.17, 15) is 0 Å². The second-order valence-electron chi connectivity index (χ2n) is 8.73. The molecular weight excluding hydrogens is 404 g/mol. The molecular formula is C26H28N2O4. The fraction of sp³-hybridized carbons (Fsp3) is 0.385. The van der Waals surface area contributed by atoms with Crippen molar-refractivity contribution >= 4 is 16.5 Å². The first-order chi connectivity index (χ1) is 15.7. The van der Waals surface area contributed by atoms with Gasteiger partial charge >= 0.3 is 0 Å². The van der Waals surface area contributed by atoms with Gasteiger partial charge in [-0.25, -0.2) is 0 Å². The van der Waals surface area contributed by atoms with E-state index in [4.69, 9.17) is 18.9 Å². The first-order valence-corrected chi connectivity index (χ1v) is 11.3. The van der Waals surface area contributed by atoms with Gasteiger partial charge in [0, 0.05) is 36.7 Å². The molecule has 0 saturated carbocycles. The van der Waals surface area contributed by atoms with Gasteiger partial charge in [-0.1, -0.05) is 18.6 Å². The maximum absolute atomic E-state index is 5.95. The molecule has 0 aliphatic carbocycles. The van der Waals surface area contributed by atoms with Crippen molar-refractivity contribution in [3.05, 3.63) is 42.0 Å². The second-order valence-corrected chi connectivity index (χ2v) is 8.73. The van der Waals surface area contributed by atoms with Gasteiger partial charge in [-0.05, 0) is 48.1 Å². The van der Waals surface area contributed by atoms with Crippen molar-refractivity contribution in [2.24, 2.45) is 0 Å². The number of nitrogens with zero attached hydrogens (tertiary/aromatic N) is 2. The van der Waals surface area contributed by atoms with E-state index in [0.29, 0.717) is 0 Å². The molecule has 0 aromatic heterocycles. The smallest absolute Gasteiger partial charge is 0.231 e. The van der Waals surface area contributed by atoms with E-state index in [0.717, 1.165) is 41.5 Å². The summed E-state index contributed by atoms with van der Waals surface area (Å²) in [5.41, 5.74) is 4.80. The molecule has 0 radical (unpaired) electrons. The Hall–Kier alpha value is -3.12. The summed E-state index contributed by atoms with van der Waals surface area (Å²) < 4.78 is 23.0. The van der Waals surface area contributed by atoms with Crippen LogP contribution in [0.2, 0.25) is 0 Å². The third-order valence-electron chi connectivity index (χ3n) is 7.07. The average Bonchev–Trinajstić information content (AvgIpc) is 3.29. The summed E-state index contributed by atoms with van der Waals surface area (Å²) in [6.45, 7) is 2.42. The van der Waals surface area contributed by atoms with Gasteiger partial charge in [0.15, 0.2) is 23.0 Å². The standard InChI is InChI=1S/C26H28N2O4/c1-27-24-18(8-7-16-13-21-22(14-19(16)24)32-15-31-21)17-9-10-20(29-2)25(30-3)23(17)26(27)28-11-5-4-6-12-28/h7-10,13-14,26H,4-6,11-12,15H2,1-3H3. The van der Waals surface area contributed by atoms with Crippen LogP contribution in [0.25, 0.3) is 21.9 Å². The quantitative estimate of drug-likeness (QED) is 0.568. The van der Waals surface area contributed by atoms with Gasteiger partial charge < -0.3 is 23.8 Å². The highest BCUT2D eigenvalue weighted by molar-refractivity contribution is 6.05. The molecule has 1 unspecified atom stereocenters. The van der Waals surface area contributed by atoms with Crippen LogP contribution >= 0.6 is 0 Å². The van der Waals surface area contributed by atoms with Crippen molar-refractivity contribution in [2.75, 3.05) is 46.0 Å². The van der Waals surface area contributed by atoms with Crippen LogP contribution in [0.3, 0.4) is 0 Å². The summed E-state index contributed by atoms with van der Waals surface area (Å²) in [5.74, 6) is 3.22. The molecule has 3 heterocycles. The van der Waals surface area contributed by atoms with E-state index in [1.54, 1.807) is 14.2 Å². The monoisotopic (exact) mass is 432 g/mol. The summed E-state index contributed by atoms with van der Waals surface area (Å²) in [5, 5.41) is 2.33. The number of hydrogen-bond acceptors (Lipinski definition) is 6. The fourth-order valence-electron chi connectivity index (χ4n) is 5.64. The second kappa shape index (κ2) is 7.48. The van der Waals surface area contributed by atoms with Crippen LogP contribution in [-0.2, 0) is 0 Å². The third-order valence-corrected chi connectivity index (χ3v) is 7.07. The van der Waals surface area contributed by atoms with Gasteiger partial charge in [0.1, 0.15) is 6.17 Å². The zero-order valence-electron chi connectivity index (χ0n) is 18.8. The van der Waals surface area contributed by atoms with E-state index in [-0.39, 0.29) is 13.0 Å². The van der Waals surface area contributed by atoms with Crippen LogP contribution < -0.4 is 23.8 Å². The van der Waals surface area contributed by atoms with Crippen molar-refractivity contribution in [1.29, 1.82) is 0 Å². The number of methoxy groups -OCH3 is 2. The first-order valence-electron chi connectivity index (χ1n) is 11.3. The minimum atomic E-state index is 0.0684. The van der Waals surface area contributed by atoms with E-state index in [1.165, 1.54) is 47.0 Å². The summed E-state index contributed by atoms with van der Waals surface area (Å²) in [6, 6.07) is 12.8. The van der Waals surface area contributed by atoms with Crippen LogP contribution in [0.5, 0.6) is 23.0 Å². The topological polar surface area (TPSA) is 43.4 Å². The maximum atomic E-state index is 5.95. The molecule has 166 valence electrons. The zero-order chi connectivity index (χ0) is 21.8. The molecule has 3 aromatic rings. The molecule has 6 heteroatoms. The number of rotatable bonds is 3. The Morgan fingerprint density at radius 2 is 1.62 bits per heavy atom. The first kappa shape index (κ1) is 19.6. The Morgan fingerprint density at radius 1 is 0.875 bits per heavy atom. The lowest BCUT2D eigenvalue weighted by atomic mass is 9.87. The van der Waals surface area contributed by atoms with E-state index in [1.807, 2.05) is 6.07 Å². The van der Waals surface area contributed by atoms with Crippen LogP contribution in [0.4, 0.5) is 5.69 Å². The average molecular weight is 433 g/mol. The molecule has 1 atom stereocenters. The molecule has 1 fully saturated rings. The number of piperidine rings is 1. The van der Waals surface area contributed by atoms with Crippen LogP contribution in [0.15, 0.2) is 36.4 Å². The SMILES string of the molecule is COc1ccc2c(c1OC)C(N1CCCCC1)N(C)c1c-2ccc2cc3c(cc12)OCO3. The summed E-state index contributed by atoms with van der Waals surface area (Å²) >= 11 is 0. The number of likely N-dealkylation sites (tertiary alicyclic amines) is 1. The third kappa shape index (κ3) is 2.75. The van der Waals surface area contributed by atoms with E-state index >= 15 is 0 Å². The molecule has 1 saturated heterocycles. The Balaban J connectivity index is 1.64. The molecule has 32 heavy (non-hydrogen) atoms. The van der Waals surface area contributed by atoms with Crippen LogP contribution in [0, 0.1) is 0 Å². The van der Waals surface area contributed by atoms with Crippen molar-refractivity contribution < 1.29 is 18.9 Å². The minimum Gasteiger partial charge on any atom is -0.493 e. The number of benzene rings is 3. The fourth-order valence-corrected chi connectivity index (χ4v) is 5.64. The van der Waals surface area contributed by atoms with Crippen molar-refractivity contribution in [1.82, 2.24) is 4.90 Å². The molecule has 6 nitrogen and oxygen atoms in total. The van der Waals surface area contributed by atoms with Gasteiger partial charge in [-0.2, -0.15) is 0 Å². The van der Waals surface area contributed by atoms with Crippen molar-refractivity contribution in [3.63, 3.8) is 0 Å². The Labute approximate surface area is 188 Å². The Bertz CT molecular complexity index is 1200. The highest BCUT2D eigenvalue weighted by Gasteiger charge is 2.38. The molecule has 0 bridgehead atoms. The van der Waals surface area contributed by atoms with Gasteiger partial charge in [-0.15, -0.1) is 0 Å². The minimum absolute atomic E-state index is 0.0684. The van der Waals surface area contributed by atoms with E-state index < -0.39 is 0 Å². The van der Waals surface area contributed by atoms with Crippen LogP contribution in [-0.4, -0.2) is 46.0 Å². The van der Waals surface area contributed by atoms with Gasteiger partial charge in [0.25, 0.3) is 0 Å². The van der Waals surface area contributed by atoms with Crippen LogP contribution in [0.1, 0.15) is 31.0 Å². The lowest BCUT2D eigenvalue weighted by Gasteiger charge is -2.46. The highest BCUT2D eigenvalue weighted by atomic mass is 16.7. The number of anilines is 1. The summed E-state index contributed by atoms with van der Waals surface area (Å²) in [6.07, 6.45) is 3.79. The molecule has 3 aromatic carbocycles. The maximum Gasteiger partial charge on any atom is 0.231 e. The molecule has 0 amide bonds. The lowest BCUT2D eigenvalue weighted by Crippen LogP contribution is -2.44. The normalized spacial score (nSPS) is 19.6. The predicted octanol–water partition coefficient (Wildman–Crippen LogP) is 5.19. The van der Waals surface area contributed by atoms with E-state index in [2.05, 4.69) is 47.2 Å². The van der Waals surface area contributed by atoms with Gasteiger partial charge in [0.05, 0.1) is 19.9 Å². The molecule has 0 N–H and O–H groups in total. The largest absolute Gasteiger partial charge is 0.493 e. The van der Waals surface area contributed by atoms with Crippen molar-refractivity contribution in [3.8, 4) is 34.1 Å². The molecule has 6 rings (SSSR count). The Morgan fingerprint density at radius 3 is 2.38 bits per heavy atom. The number of fused-ring (bicyclic) bond motifs is 6. The number of ether oxygens (including phenoxy) is 4. The molecule has 3 aliphatic heterocycles. The van der Waals surface area contributed by atoms with Gasteiger partial charge in [-0.3, -0.25) is 4.90 Å². The Kier molecular flexibility index (Phi) is 4.57.